The number of halogens is 1. The quantitative estimate of drug-likeness (QED) is 0.423. The van der Waals surface area contributed by atoms with Crippen LogP contribution in [0.2, 0.25) is 0 Å². The Morgan fingerprint density at radius 3 is 2.28 bits per heavy atom. The predicted octanol–water partition coefficient (Wildman–Crippen LogP) is 5.74. The summed E-state index contributed by atoms with van der Waals surface area (Å²) in [5.74, 6) is 0.801. The third kappa shape index (κ3) is 3.94. The van der Waals surface area contributed by atoms with E-state index in [1.165, 1.54) is 21.1 Å². The summed E-state index contributed by atoms with van der Waals surface area (Å²) in [6.07, 6.45) is 2.07. The molecule has 3 aromatic rings. The minimum Gasteiger partial charge on any atom is -0.497 e. The third-order valence-electron chi connectivity index (χ3n) is 5.39. The van der Waals surface area contributed by atoms with E-state index in [1.807, 2.05) is 41.0 Å². The van der Waals surface area contributed by atoms with Gasteiger partial charge in [0, 0.05) is 10.0 Å². The average Bonchev–Trinajstić information content (AvgIpc) is 3.32. The van der Waals surface area contributed by atoms with Gasteiger partial charge < -0.3 is 4.74 Å². The molecule has 1 unspecified atom stereocenters. The fourth-order valence-corrected chi connectivity index (χ4v) is 7.58. The molecule has 0 fully saturated rings. The van der Waals surface area contributed by atoms with Gasteiger partial charge in [0.15, 0.2) is 4.80 Å². The number of hydrogen-bond donors (Lipinski definition) is 0. The van der Waals surface area contributed by atoms with Crippen molar-refractivity contribution in [3.63, 3.8) is 0 Å². The molecule has 3 heterocycles. The van der Waals surface area contributed by atoms with E-state index in [0.29, 0.717) is 0 Å². The highest BCUT2D eigenvalue weighted by molar-refractivity contribution is 9.10. The normalized spacial score (nSPS) is 17.8. The van der Waals surface area contributed by atoms with E-state index in [2.05, 4.69) is 48.0 Å². The average molecular weight is 544 g/mol. The van der Waals surface area contributed by atoms with E-state index in [4.69, 9.17) is 9.73 Å². The zero-order chi connectivity index (χ0) is 22.4. The van der Waals surface area contributed by atoms with Crippen molar-refractivity contribution in [3.05, 3.63) is 99.7 Å². The van der Waals surface area contributed by atoms with Gasteiger partial charge in [0.2, 0.25) is 0 Å². The number of thioether (sulfide) groups is 2. The number of fused-ring (bicyclic) bond motifs is 1. The highest BCUT2D eigenvalue weighted by atomic mass is 79.9. The highest BCUT2D eigenvalue weighted by Gasteiger charge is 2.25. The van der Waals surface area contributed by atoms with E-state index in [0.717, 1.165) is 40.6 Å². The first-order chi connectivity index (χ1) is 15.4. The number of aromatic nitrogens is 1. The van der Waals surface area contributed by atoms with Crippen molar-refractivity contribution in [1.82, 2.24) is 4.57 Å². The zero-order valence-corrected chi connectivity index (χ0v) is 21.6. The summed E-state index contributed by atoms with van der Waals surface area (Å²) in [5, 5.41) is 0. The van der Waals surface area contributed by atoms with Crippen molar-refractivity contribution in [2.24, 2.45) is 4.99 Å². The van der Waals surface area contributed by atoms with Crippen molar-refractivity contribution in [2.75, 3.05) is 7.11 Å². The first kappa shape index (κ1) is 21.8. The number of allylic oxidation sites excluding steroid dienone is 3. The van der Waals surface area contributed by atoms with Gasteiger partial charge in [0.25, 0.3) is 5.56 Å². The second-order valence-corrected chi connectivity index (χ2v) is 12.0. The molecule has 0 spiro atoms. The lowest BCUT2D eigenvalue weighted by atomic mass is 10.0. The number of methoxy groups -OCH3 is 1. The van der Waals surface area contributed by atoms with Crippen LogP contribution in [0.5, 0.6) is 5.75 Å². The summed E-state index contributed by atoms with van der Waals surface area (Å²) < 4.78 is 9.94. The standard InChI is InChI=1S/C24H19BrN2O2S3/c1-13-14(2)31-23(30-13)21-22(28)27-20(16-4-8-17(25)9-5-16)12-19(26-24(27)32-21)15-6-10-18(29-3)11-7-15/h4-12,20H,1-3H3. The van der Waals surface area contributed by atoms with Gasteiger partial charge in [-0.3, -0.25) is 9.36 Å². The molecule has 2 aromatic carbocycles. The molecule has 0 saturated carbocycles. The summed E-state index contributed by atoms with van der Waals surface area (Å²) in [7, 11) is 1.66. The maximum absolute atomic E-state index is 13.6. The summed E-state index contributed by atoms with van der Waals surface area (Å²) in [4.78, 5) is 21.7. The van der Waals surface area contributed by atoms with Crippen LogP contribution in [0, 0.1) is 0 Å². The SMILES string of the molecule is COc1ccc(C2=CC(c3ccc(Br)cc3)n3c(sc(=C4SC(C)=C(C)S4)c3=O)=N2)cc1. The van der Waals surface area contributed by atoms with Gasteiger partial charge in [-0.15, -0.1) is 0 Å². The van der Waals surface area contributed by atoms with Gasteiger partial charge in [-0.05, 0) is 71.7 Å². The number of rotatable bonds is 3. The minimum atomic E-state index is -0.225. The van der Waals surface area contributed by atoms with Crippen LogP contribution in [-0.4, -0.2) is 11.7 Å². The van der Waals surface area contributed by atoms with Crippen LogP contribution in [0.15, 0.2) is 78.7 Å². The van der Waals surface area contributed by atoms with Gasteiger partial charge >= 0.3 is 0 Å². The molecule has 32 heavy (non-hydrogen) atoms. The molecule has 2 aliphatic rings. The van der Waals surface area contributed by atoms with E-state index < -0.39 is 0 Å². The Morgan fingerprint density at radius 1 is 1.00 bits per heavy atom. The van der Waals surface area contributed by atoms with Crippen molar-refractivity contribution < 1.29 is 4.74 Å². The van der Waals surface area contributed by atoms with E-state index >= 15 is 0 Å². The Balaban J connectivity index is 1.71. The summed E-state index contributed by atoms with van der Waals surface area (Å²) in [6, 6.07) is 15.8. The maximum atomic E-state index is 13.6. The van der Waals surface area contributed by atoms with Crippen molar-refractivity contribution in [3.8, 4) is 5.75 Å². The van der Waals surface area contributed by atoms with Gasteiger partial charge in [0.05, 0.1) is 23.1 Å². The molecule has 0 N–H and O–H groups in total. The predicted molar refractivity (Wildman–Crippen MR) is 140 cm³/mol. The minimum absolute atomic E-state index is 0.0178. The molecule has 4 nitrogen and oxygen atoms in total. The van der Waals surface area contributed by atoms with Crippen LogP contribution >= 0.6 is 50.8 Å². The molecular formula is C24H19BrN2O2S3. The van der Waals surface area contributed by atoms with Gasteiger partial charge in [-0.25, -0.2) is 4.99 Å². The van der Waals surface area contributed by atoms with Crippen molar-refractivity contribution >= 4 is 60.7 Å². The van der Waals surface area contributed by atoms with Gasteiger partial charge in [-0.2, -0.15) is 0 Å². The van der Waals surface area contributed by atoms with E-state index in [1.54, 1.807) is 30.6 Å². The van der Waals surface area contributed by atoms with Crippen LogP contribution in [-0.2, 0) is 0 Å². The molecule has 0 radical (unpaired) electrons. The summed E-state index contributed by atoms with van der Waals surface area (Å²) >= 11 is 8.35. The zero-order valence-electron chi connectivity index (χ0n) is 17.6. The molecule has 0 aliphatic carbocycles. The number of hydrogen-bond acceptors (Lipinski definition) is 6. The highest BCUT2D eigenvalue weighted by Crippen LogP contribution is 2.48. The Bertz CT molecular complexity index is 1430. The van der Waals surface area contributed by atoms with Crippen LogP contribution in [0.25, 0.3) is 9.93 Å². The largest absolute Gasteiger partial charge is 0.497 e. The van der Waals surface area contributed by atoms with Crippen molar-refractivity contribution in [2.45, 2.75) is 19.9 Å². The lowest BCUT2D eigenvalue weighted by Gasteiger charge is -2.20. The Hall–Kier alpha value is -2.00. The molecular weight excluding hydrogens is 524 g/mol. The fourth-order valence-electron chi connectivity index (χ4n) is 3.56. The lowest BCUT2D eigenvalue weighted by molar-refractivity contribution is 0.415. The molecule has 162 valence electrons. The molecule has 1 atom stereocenters. The first-order valence-electron chi connectivity index (χ1n) is 9.94. The number of thiazole rings is 1. The van der Waals surface area contributed by atoms with Crippen LogP contribution < -0.4 is 19.6 Å². The fraction of sp³-hybridized carbons (Fsp3) is 0.167. The lowest BCUT2D eigenvalue weighted by Crippen LogP contribution is -2.36. The second-order valence-electron chi connectivity index (χ2n) is 7.38. The molecule has 0 bridgehead atoms. The Kier molecular flexibility index (Phi) is 5.96. The van der Waals surface area contributed by atoms with E-state index in [9.17, 15) is 4.79 Å². The molecule has 5 rings (SSSR count). The van der Waals surface area contributed by atoms with Crippen LogP contribution in [0.4, 0.5) is 0 Å². The van der Waals surface area contributed by atoms with Crippen LogP contribution in [0.1, 0.15) is 31.0 Å². The van der Waals surface area contributed by atoms with Crippen molar-refractivity contribution in [1.29, 1.82) is 0 Å². The summed E-state index contributed by atoms with van der Waals surface area (Å²) in [5.41, 5.74) is 2.91. The monoisotopic (exact) mass is 542 g/mol. The number of benzene rings is 2. The Morgan fingerprint density at radius 2 is 1.66 bits per heavy atom. The third-order valence-corrected chi connectivity index (χ3v) is 9.87. The number of ether oxygens (including phenoxy) is 1. The van der Waals surface area contributed by atoms with Gasteiger partial charge in [-0.1, -0.05) is 62.9 Å². The molecule has 0 saturated heterocycles. The molecule has 1 aromatic heterocycles. The maximum Gasteiger partial charge on any atom is 0.272 e. The Labute approximate surface area is 206 Å². The molecule has 8 heteroatoms. The number of nitrogens with zero attached hydrogens (tertiary/aromatic N) is 2. The van der Waals surface area contributed by atoms with E-state index in [-0.39, 0.29) is 11.6 Å². The molecule has 0 amide bonds. The smallest absolute Gasteiger partial charge is 0.272 e. The second kappa shape index (κ2) is 8.74. The van der Waals surface area contributed by atoms with Gasteiger partial charge in [0.1, 0.15) is 10.3 Å². The summed E-state index contributed by atoms with van der Waals surface area (Å²) in [6.45, 7) is 4.20. The topological polar surface area (TPSA) is 43.6 Å². The van der Waals surface area contributed by atoms with Crippen LogP contribution in [0.3, 0.4) is 0 Å². The molecule has 2 aliphatic heterocycles. The first-order valence-corrected chi connectivity index (χ1v) is 13.2.